The highest BCUT2D eigenvalue weighted by molar-refractivity contribution is 6.35. The summed E-state index contributed by atoms with van der Waals surface area (Å²) in [6.07, 6.45) is 0.0570. The van der Waals surface area contributed by atoms with E-state index in [1.165, 1.54) is 6.07 Å². The molecule has 0 bridgehead atoms. The van der Waals surface area contributed by atoms with E-state index < -0.39 is 5.97 Å². The number of carbonyl (C=O) groups is 1. The predicted molar refractivity (Wildman–Crippen MR) is 104 cm³/mol. The smallest absolute Gasteiger partial charge is 0.315 e. The van der Waals surface area contributed by atoms with Gasteiger partial charge in [-0.2, -0.15) is 5.10 Å². The first-order valence-electron chi connectivity index (χ1n) is 8.28. The summed E-state index contributed by atoms with van der Waals surface area (Å²) in [5.74, 6) is 0.311. The third kappa shape index (κ3) is 4.28. The normalized spacial score (nSPS) is 10.9. The van der Waals surface area contributed by atoms with Gasteiger partial charge in [0.2, 0.25) is 0 Å². The Morgan fingerprint density at radius 3 is 2.37 bits per heavy atom. The molecular weight excluding hydrogens is 387 g/mol. The van der Waals surface area contributed by atoms with Gasteiger partial charge < -0.3 is 4.74 Å². The number of carbonyl (C=O) groups excluding carboxylic acids is 1. The first-order chi connectivity index (χ1) is 12.7. The van der Waals surface area contributed by atoms with Gasteiger partial charge in [0.25, 0.3) is 5.95 Å². The number of benzene rings is 1. The van der Waals surface area contributed by atoms with Crippen LogP contribution in [-0.2, 0) is 11.2 Å². The lowest BCUT2D eigenvalue weighted by Crippen LogP contribution is -2.13. The number of ether oxygens (including phenoxy) is 1. The van der Waals surface area contributed by atoms with Crippen LogP contribution < -0.4 is 4.74 Å². The van der Waals surface area contributed by atoms with Crippen molar-refractivity contribution in [2.75, 3.05) is 0 Å². The minimum absolute atomic E-state index is 0.0570. The maximum Gasteiger partial charge on any atom is 0.315 e. The summed E-state index contributed by atoms with van der Waals surface area (Å²) in [5.41, 5.74) is 3.98. The minimum Gasteiger partial charge on any atom is -0.425 e. The number of rotatable bonds is 4. The van der Waals surface area contributed by atoms with Crippen LogP contribution in [-0.4, -0.2) is 25.7 Å². The molecule has 0 aliphatic rings. The Bertz CT molecular complexity index is 1010. The molecule has 0 radical (unpaired) electrons. The number of hydrogen-bond acceptors (Lipinski definition) is 5. The zero-order valence-electron chi connectivity index (χ0n) is 15.4. The third-order valence-corrected chi connectivity index (χ3v) is 4.57. The fourth-order valence-corrected chi connectivity index (χ4v) is 3.24. The number of halogens is 2. The highest BCUT2D eigenvalue weighted by Crippen LogP contribution is 2.28. The standard InChI is InChI=1S/C19H18Cl2N4O2/c1-10-7-11(2)23-19(22-10)25-13(4)15(12(3)24-25)9-18(26)27-17-6-5-14(20)8-16(17)21/h5-8H,9H2,1-4H3. The molecule has 0 atom stereocenters. The molecule has 2 heterocycles. The van der Waals surface area contributed by atoms with E-state index in [-0.39, 0.29) is 17.2 Å². The van der Waals surface area contributed by atoms with Crippen LogP contribution in [0.25, 0.3) is 5.95 Å². The van der Waals surface area contributed by atoms with Gasteiger partial charge in [-0.05, 0) is 52.0 Å². The zero-order chi connectivity index (χ0) is 19.7. The van der Waals surface area contributed by atoms with Gasteiger partial charge in [-0.25, -0.2) is 14.6 Å². The highest BCUT2D eigenvalue weighted by atomic mass is 35.5. The predicted octanol–water partition coefficient (Wildman–Crippen LogP) is 4.35. The minimum atomic E-state index is -0.439. The van der Waals surface area contributed by atoms with Crippen molar-refractivity contribution >= 4 is 29.2 Å². The molecule has 3 aromatic rings. The van der Waals surface area contributed by atoms with Crippen LogP contribution in [0, 0.1) is 27.7 Å². The molecule has 0 aliphatic carbocycles. The van der Waals surface area contributed by atoms with Gasteiger partial charge in [0.05, 0.1) is 17.1 Å². The lowest BCUT2D eigenvalue weighted by molar-refractivity contribution is -0.133. The molecule has 0 amide bonds. The van der Waals surface area contributed by atoms with Gasteiger partial charge in [0.1, 0.15) is 5.75 Å². The van der Waals surface area contributed by atoms with Crippen LogP contribution in [0.5, 0.6) is 5.75 Å². The van der Waals surface area contributed by atoms with Crippen molar-refractivity contribution in [3.05, 3.63) is 62.6 Å². The highest BCUT2D eigenvalue weighted by Gasteiger charge is 2.19. The van der Waals surface area contributed by atoms with Crippen molar-refractivity contribution in [3.63, 3.8) is 0 Å². The molecule has 2 aromatic heterocycles. The summed E-state index contributed by atoms with van der Waals surface area (Å²) in [6.45, 7) is 7.51. The molecule has 0 saturated carbocycles. The Hall–Kier alpha value is -2.44. The lowest BCUT2D eigenvalue weighted by Gasteiger charge is -2.07. The molecule has 1 aromatic carbocycles. The van der Waals surface area contributed by atoms with Crippen LogP contribution in [0.1, 0.15) is 28.3 Å². The Balaban J connectivity index is 1.85. The van der Waals surface area contributed by atoms with Crippen molar-refractivity contribution < 1.29 is 9.53 Å². The molecule has 140 valence electrons. The van der Waals surface area contributed by atoms with Crippen LogP contribution in [0.3, 0.4) is 0 Å². The van der Waals surface area contributed by atoms with Crippen molar-refractivity contribution in [2.45, 2.75) is 34.1 Å². The van der Waals surface area contributed by atoms with E-state index in [0.29, 0.717) is 11.0 Å². The number of nitrogens with zero attached hydrogens (tertiary/aromatic N) is 4. The maximum atomic E-state index is 12.4. The van der Waals surface area contributed by atoms with Crippen LogP contribution in [0.15, 0.2) is 24.3 Å². The summed E-state index contributed by atoms with van der Waals surface area (Å²) < 4.78 is 7.02. The van der Waals surface area contributed by atoms with Gasteiger partial charge in [-0.15, -0.1) is 0 Å². The van der Waals surface area contributed by atoms with Crippen molar-refractivity contribution in [1.29, 1.82) is 0 Å². The zero-order valence-corrected chi connectivity index (χ0v) is 16.9. The summed E-state index contributed by atoms with van der Waals surface area (Å²) in [5, 5.41) is 5.25. The summed E-state index contributed by atoms with van der Waals surface area (Å²) in [6, 6.07) is 6.60. The van der Waals surface area contributed by atoms with E-state index in [0.717, 1.165) is 28.3 Å². The summed E-state index contributed by atoms with van der Waals surface area (Å²) >= 11 is 11.9. The summed E-state index contributed by atoms with van der Waals surface area (Å²) in [4.78, 5) is 21.3. The molecule has 0 N–H and O–H groups in total. The fourth-order valence-electron chi connectivity index (χ4n) is 2.79. The Labute approximate surface area is 167 Å². The molecule has 8 heteroatoms. The van der Waals surface area contributed by atoms with E-state index in [1.807, 2.05) is 33.8 Å². The van der Waals surface area contributed by atoms with E-state index in [4.69, 9.17) is 27.9 Å². The second-order valence-electron chi connectivity index (χ2n) is 6.24. The number of aryl methyl sites for hydroxylation is 3. The number of hydrogen-bond donors (Lipinski definition) is 0. The largest absolute Gasteiger partial charge is 0.425 e. The van der Waals surface area contributed by atoms with Gasteiger partial charge >= 0.3 is 5.97 Å². The van der Waals surface area contributed by atoms with E-state index in [1.54, 1.807) is 16.8 Å². The molecule has 0 aliphatic heterocycles. The lowest BCUT2D eigenvalue weighted by atomic mass is 10.1. The van der Waals surface area contributed by atoms with E-state index >= 15 is 0 Å². The van der Waals surface area contributed by atoms with Gasteiger partial charge in [-0.3, -0.25) is 4.79 Å². The monoisotopic (exact) mass is 404 g/mol. The summed E-state index contributed by atoms with van der Waals surface area (Å²) in [7, 11) is 0. The average molecular weight is 405 g/mol. The molecule has 27 heavy (non-hydrogen) atoms. The molecule has 0 fully saturated rings. The van der Waals surface area contributed by atoms with Crippen molar-refractivity contribution in [1.82, 2.24) is 19.7 Å². The Kier molecular flexibility index (Phi) is 5.48. The fraction of sp³-hybridized carbons (Fsp3) is 0.263. The third-order valence-electron chi connectivity index (χ3n) is 4.04. The molecule has 6 nitrogen and oxygen atoms in total. The van der Waals surface area contributed by atoms with Gasteiger partial charge in [0, 0.05) is 27.7 Å². The maximum absolute atomic E-state index is 12.4. The molecule has 0 saturated heterocycles. The first-order valence-corrected chi connectivity index (χ1v) is 9.03. The van der Waals surface area contributed by atoms with E-state index in [9.17, 15) is 4.79 Å². The second kappa shape index (κ2) is 7.66. The van der Waals surface area contributed by atoms with Gasteiger partial charge in [0.15, 0.2) is 0 Å². The van der Waals surface area contributed by atoms with Gasteiger partial charge in [-0.1, -0.05) is 23.2 Å². The number of esters is 1. The topological polar surface area (TPSA) is 69.9 Å². The second-order valence-corrected chi connectivity index (χ2v) is 7.08. The number of aromatic nitrogens is 4. The van der Waals surface area contributed by atoms with Crippen molar-refractivity contribution in [3.8, 4) is 11.7 Å². The molecule has 0 unspecified atom stereocenters. The first kappa shape index (κ1) is 19.3. The SMILES string of the molecule is Cc1cc(C)nc(-n2nc(C)c(CC(=O)Oc3ccc(Cl)cc3Cl)c2C)n1. The average Bonchev–Trinajstić information content (AvgIpc) is 2.85. The van der Waals surface area contributed by atoms with Crippen LogP contribution >= 0.6 is 23.2 Å². The van der Waals surface area contributed by atoms with E-state index in [2.05, 4.69) is 15.1 Å². The van der Waals surface area contributed by atoms with Crippen LogP contribution in [0.4, 0.5) is 0 Å². The Morgan fingerprint density at radius 1 is 1.07 bits per heavy atom. The van der Waals surface area contributed by atoms with Crippen LogP contribution in [0.2, 0.25) is 10.0 Å². The van der Waals surface area contributed by atoms with Crippen molar-refractivity contribution in [2.24, 2.45) is 0 Å². The Morgan fingerprint density at radius 2 is 1.74 bits per heavy atom. The molecular formula is C19H18Cl2N4O2. The molecule has 3 rings (SSSR count). The molecule has 0 spiro atoms. The quantitative estimate of drug-likeness (QED) is 0.477.